The maximum Gasteiger partial charge on any atom is 0.228 e. The zero-order valence-electron chi connectivity index (χ0n) is 15.0. The van der Waals surface area contributed by atoms with Gasteiger partial charge in [-0.2, -0.15) is 0 Å². The van der Waals surface area contributed by atoms with E-state index < -0.39 is 0 Å². The molecule has 0 saturated carbocycles. The van der Waals surface area contributed by atoms with Crippen molar-refractivity contribution < 1.29 is 0 Å². The summed E-state index contributed by atoms with van der Waals surface area (Å²) in [5.74, 6) is 0.821. The molecule has 1 atom stereocenters. The Hall–Kier alpha value is -1.23. The van der Waals surface area contributed by atoms with Crippen LogP contribution in [0.2, 0.25) is 0 Å². The number of nitrogens with zero attached hydrogens (tertiary/aromatic N) is 5. The van der Waals surface area contributed by atoms with Crippen molar-refractivity contribution in [2.45, 2.75) is 65.5 Å². The quantitative estimate of drug-likeness (QED) is 0.837. The van der Waals surface area contributed by atoms with E-state index in [4.69, 9.17) is 0 Å². The second-order valence-corrected chi connectivity index (χ2v) is 7.49. The summed E-state index contributed by atoms with van der Waals surface area (Å²) in [7, 11) is 2.23. The first-order valence-electron chi connectivity index (χ1n) is 8.42. The molecule has 0 bridgehead atoms. The Kier molecular flexibility index (Phi) is 5.05. The van der Waals surface area contributed by atoms with Crippen LogP contribution in [-0.2, 0) is 0 Å². The third kappa shape index (κ3) is 2.96. The van der Waals surface area contributed by atoms with E-state index in [-0.39, 0.29) is 11.0 Å². The molecule has 0 aromatic carbocycles. The summed E-state index contributed by atoms with van der Waals surface area (Å²) >= 11 is 0. The van der Waals surface area contributed by atoms with Crippen molar-refractivity contribution in [3.8, 4) is 0 Å². The van der Waals surface area contributed by atoms with Gasteiger partial charge in [-0.15, -0.1) is 0 Å². The van der Waals surface area contributed by atoms with Crippen LogP contribution >= 0.6 is 0 Å². The van der Waals surface area contributed by atoms with Crippen LogP contribution in [0.1, 0.15) is 53.9 Å². The zero-order chi connectivity index (χ0) is 16.4. The molecule has 5 nitrogen and oxygen atoms in total. The van der Waals surface area contributed by atoms with Crippen LogP contribution in [0, 0.1) is 5.41 Å². The van der Waals surface area contributed by atoms with E-state index in [1.807, 2.05) is 0 Å². The van der Waals surface area contributed by atoms with Gasteiger partial charge in [-0.3, -0.25) is 0 Å². The lowest BCUT2D eigenvalue weighted by Crippen LogP contribution is -2.66. The molecule has 1 aliphatic heterocycles. The highest BCUT2D eigenvalue weighted by Crippen LogP contribution is 2.45. The molecular weight excluding hydrogens is 274 g/mol. The average Bonchev–Trinajstić information content (AvgIpc) is 2.49. The molecule has 1 unspecified atom stereocenters. The molecule has 5 heteroatoms. The Balaban J connectivity index is 2.34. The number of likely N-dealkylation sites (tertiary alicyclic amines) is 1. The van der Waals surface area contributed by atoms with Crippen molar-refractivity contribution in [2.75, 3.05) is 25.0 Å². The van der Waals surface area contributed by atoms with E-state index in [9.17, 15) is 0 Å². The summed E-state index contributed by atoms with van der Waals surface area (Å²) in [6, 6.07) is 0.438. The van der Waals surface area contributed by atoms with Crippen molar-refractivity contribution in [1.29, 1.82) is 0 Å². The van der Waals surface area contributed by atoms with Crippen LogP contribution in [0.3, 0.4) is 0 Å². The third-order valence-electron chi connectivity index (χ3n) is 5.97. The lowest BCUT2D eigenvalue weighted by atomic mass is 9.64. The Morgan fingerprint density at radius 3 is 2.45 bits per heavy atom. The van der Waals surface area contributed by atoms with E-state index >= 15 is 0 Å². The predicted molar refractivity (Wildman–Crippen MR) is 91.0 cm³/mol. The van der Waals surface area contributed by atoms with E-state index in [2.05, 4.69) is 66.4 Å². The van der Waals surface area contributed by atoms with Gasteiger partial charge in [0.2, 0.25) is 5.95 Å². The number of rotatable bonds is 5. The fourth-order valence-corrected chi connectivity index (χ4v) is 3.51. The number of hydrogen-bond donors (Lipinski definition) is 0. The largest absolute Gasteiger partial charge is 0.337 e. The summed E-state index contributed by atoms with van der Waals surface area (Å²) in [4.78, 5) is 17.7. The summed E-state index contributed by atoms with van der Waals surface area (Å²) in [5, 5.41) is 0. The fourth-order valence-electron chi connectivity index (χ4n) is 3.51. The van der Waals surface area contributed by atoms with E-state index in [0.29, 0.717) is 6.04 Å². The maximum absolute atomic E-state index is 4.43. The molecule has 0 amide bonds. The SMILES string of the molecule is CCCCN(c1ncncn1)C1CCN(C)C(C)(C)C1(C)C. The number of unbranched alkanes of at least 4 members (excludes halogenated alkanes) is 1. The van der Waals surface area contributed by atoms with Crippen molar-refractivity contribution in [2.24, 2.45) is 5.41 Å². The second kappa shape index (κ2) is 6.49. The molecular formula is C17H31N5. The number of hydrogen-bond acceptors (Lipinski definition) is 5. The number of aromatic nitrogens is 3. The lowest BCUT2D eigenvalue weighted by molar-refractivity contribution is -0.0302. The highest BCUT2D eigenvalue weighted by Gasteiger charge is 2.51. The molecule has 124 valence electrons. The molecule has 0 N–H and O–H groups in total. The van der Waals surface area contributed by atoms with Gasteiger partial charge in [0, 0.05) is 30.1 Å². The monoisotopic (exact) mass is 305 g/mol. The molecule has 1 aromatic rings. The first kappa shape index (κ1) is 17.1. The van der Waals surface area contributed by atoms with Gasteiger partial charge in [-0.1, -0.05) is 27.2 Å². The normalized spacial score (nSPS) is 24.2. The van der Waals surface area contributed by atoms with Crippen molar-refractivity contribution in [1.82, 2.24) is 19.9 Å². The molecule has 1 aliphatic rings. The van der Waals surface area contributed by atoms with Crippen molar-refractivity contribution in [3.63, 3.8) is 0 Å². The predicted octanol–water partition coefficient (Wildman–Crippen LogP) is 2.99. The lowest BCUT2D eigenvalue weighted by Gasteiger charge is -2.58. The minimum absolute atomic E-state index is 0.132. The fraction of sp³-hybridized carbons (Fsp3) is 0.824. The van der Waals surface area contributed by atoms with Gasteiger partial charge >= 0.3 is 0 Å². The Morgan fingerprint density at radius 1 is 1.23 bits per heavy atom. The number of piperidine rings is 1. The number of anilines is 1. The van der Waals surface area contributed by atoms with Gasteiger partial charge in [0.15, 0.2) is 0 Å². The second-order valence-electron chi connectivity index (χ2n) is 7.49. The van der Waals surface area contributed by atoms with E-state index in [0.717, 1.165) is 31.9 Å². The topological polar surface area (TPSA) is 45.2 Å². The van der Waals surface area contributed by atoms with Crippen molar-refractivity contribution in [3.05, 3.63) is 12.7 Å². The summed E-state index contributed by atoms with van der Waals surface area (Å²) in [6.07, 6.45) is 6.69. The van der Waals surface area contributed by atoms with Crippen LogP contribution in [0.5, 0.6) is 0 Å². The Labute approximate surface area is 135 Å². The van der Waals surface area contributed by atoms with Crippen LogP contribution < -0.4 is 4.90 Å². The third-order valence-corrected chi connectivity index (χ3v) is 5.97. The van der Waals surface area contributed by atoms with Gasteiger partial charge in [0.25, 0.3) is 0 Å². The molecule has 2 heterocycles. The van der Waals surface area contributed by atoms with Crippen LogP contribution in [-0.4, -0.2) is 51.6 Å². The summed E-state index contributed by atoms with van der Waals surface area (Å²) < 4.78 is 0. The minimum atomic E-state index is 0.132. The molecule has 2 rings (SSSR count). The summed E-state index contributed by atoms with van der Waals surface area (Å²) in [6.45, 7) is 13.8. The van der Waals surface area contributed by atoms with E-state index in [1.54, 1.807) is 12.7 Å². The average molecular weight is 305 g/mol. The Bertz CT molecular complexity index is 471. The highest BCUT2D eigenvalue weighted by atomic mass is 15.3. The summed E-state index contributed by atoms with van der Waals surface area (Å²) in [5.41, 5.74) is 0.272. The smallest absolute Gasteiger partial charge is 0.228 e. The van der Waals surface area contributed by atoms with E-state index in [1.165, 1.54) is 6.42 Å². The zero-order valence-corrected chi connectivity index (χ0v) is 15.0. The highest BCUT2D eigenvalue weighted by molar-refractivity contribution is 5.32. The first-order chi connectivity index (χ1) is 10.3. The molecule has 0 radical (unpaired) electrons. The molecule has 0 aliphatic carbocycles. The van der Waals surface area contributed by atoms with Gasteiger partial charge in [-0.05, 0) is 33.7 Å². The van der Waals surface area contributed by atoms with Crippen LogP contribution in [0.15, 0.2) is 12.7 Å². The molecule has 22 heavy (non-hydrogen) atoms. The van der Waals surface area contributed by atoms with Gasteiger partial charge < -0.3 is 9.80 Å². The van der Waals surface area contributed by atoms with Gasteiger partial charge in [0.05, 0.1) is 0 Å². The molecule has 1 saturated heterocycles. The van der Waals surface area contributed by atoms with Crippen LogP contribution in [0.25, 0.3) is 0 Å². The van der Waals surface area contributed by atoms with Crippen molar-refractivity contribution >= 4 is 5.95 Å². The van der Waals surface area contributed by atoms with Gasteiger partial charge in [-0.25, -0.2) is 15.0 Å². The molecule has 1 fully saturated rings. The Morgan fingerprint density at radius 2 is 1.86 bits per heavy atom. The standard InChI is InChI=1S/C17H31N5/c1-7-8-10-22(15-19-12-18-13-20-15)14-9-11-21(6)17(4,5)16(14,2)3/h12-14H,7-11H2,1-6H3. The molecule has 0 spiro atoms. The van der Waals surface area contributed by atoms with Crippen LogP contribution in [0.4, 0.5) is 5.95 Å². The molecule has 1 aromatic heterocycles. The maximum atomic E-state index is 4.43. The first-order valence-corrected chi connectivity index (χ1v) is 8.42. The minimum Gasteiger partial charge on any atom is -0.337 e. The van der Waals surface area contributed by atoms with Gasteiger partial charge in [0.1, 0.15) is 12.7 Å².